The number of rotatable bonds is 7. The van der Waals surface area contributed by atoms with Gasteiger partial charge in [-0.15, -0.1) is 0 Å². The quantitative estimate of drug-likeness (QED) is 0.488. The van der Waals surface area contributed by atoms with Crippen LogP contribution in [0.5, 0.6) is 0 Å². The second-order valence-corrected chi connectivity index (χ2v) is 3.73. The highest BCUT2D eigenvalue weighted by Gasteiger charge is 2.25. The van der Waals surface area contributed by atoms with E-state index in [0.29, 0.717) is 13.0 Å². The van der Waals surface area contributed by atoms with E-state index in [1.165, 1.54) is 14.0 Å². The molecule has 0 rings (SSSR count). The predicted molar refractivity (Wildman–Crippen MR) is 60.7 cm³/mol. The summed E-state index contributed by atoms with van der Waals surface area (Å²) in [6, 6.07) is -2.15. The lowest BCUT2D eigenvalue weighted by molar-refractivity contribution is -0.141. The fourth-order valence-electron chi connectivity index (χ4n) is 1.22. The third-order valence-corrected chi connectivity index (χ3v) is 2.23. The molecule has 0 saturated heterocycles. The maximum Gasteiger partial charge on any atom is 0.328 e. The van der Waals surface area contributed by atoms with E-state index in [1.807, 2.05) is 6.92 Å². The van der Waals surface area contributed by atoms with E-state index in [0.717, 1.165) is 0 Å². The number of carboxylic acids is 1. The van der Waals surface area contributed by atoms with Gasteiger partial charge >= 0.3 is 12.0 Å². The van der Waals surface area contributed by atoms with Crippen molar-refractivity contribution < 1.29 is 24.5 Å². The molecule has 2 amide bonds. The molecule has 1 unspecified atom stereocenters. The van der Waals surface area contributed by atoms with Crippen molar-refractivity contribution in [2.24, 2.45) is 0 Å². The van der Waals surface area contributed by atoms with E-state index in [-0.39, 0.29) is 6.04 Å². The predicted octanol–water partition coefficient (Wildman–Crippen LogP) is -0.455. The summed E-state index contributed by atoms with van der Waals surface area (Å²) in [7, 11) is 1.51. The van der Waals surface area contributed by atoms with Crippen LogP contribution in [0.2, 0.25) is 0 Å². The van der Waals surface area contributed by atoms with Gasteiger partial charge in [0, 0.05) is 7.11 Å². The van der Waals surface area contributed by atoms with Gasteiger partial charge in [-0.05, 0) is 13.3 Å². The highest BCUT2D eigenvalue weighted by atomic mass is 16.5. The van der Waals surface area contributed by atoms with Crippen molar-refractivity contribution in [1.82, 2.24) is 10.6 Å². The van der Waals surface area contributed by atoms with Gasteiger partial charge in [-0.25, -0.2) is 9.59 Å². The van der Waals surface area contributed by atoms with Crippen LogP contribution in [0.15, 0.2) is 0 Å². The first-order valence-corrected chi connectivity index (χ1v) is 5.39. The van der Waals surface area contributed by atoms with E-state index < -0.39 is 24.1 Å². The van der Waals surface area contributed by atoms with Crippen LogP contribution in [0, 0.1) is 0 Å². The van der Waals surface area contributed by atoms with Gasteiger partial charge in [0.1, 0.15) is 0 Å². The van der Waals surface area contributed by atoms with Gasteiger partial charge in [-0.3, -0.25) is 0 Å². The summed E-state index contributed by atoms with van der Waals surface area (Å²) >= 11 is 0. The number of amides is 2. The second-order valence-electron chi connectivity index (χ2n) is 3.73. The lowest BCUT2D eigenvalue weighted by atomic mass is 10.2. The lowest BCUT2D eigenvalue weighted by Gasteiger charge is -2.20. The summed E-state index contributed by atoms with van der Waals surface area (Å²) in [5, 5.41) is 22.7. The van der Waals surface area contributed by atoms with Crippen molar-refractivity contribution in [2.45, 2.75) is 38.5 Å². The first-order chi connectivity index (χ1) is 7.92. The molecule has 0 aliphatic rings. The number of methoxy groups -OCH3 is 1. The number of carbonyl (C=O) groups excluding carboxylic acids is 1. The van der Waals surface area contributed by atoms with Gasteiger partial charge in [0.2, 0.25) is 0 Å². The number of carboxylic acid groups (broad SMARTS) is 1. The maximum absolute atomic E-state index is 11.5. The molecule has 100 valence electrons. The number of ether oxygens (including phenoxy) is 1. The van der Waals surface area contributed by atoms with Gasteiger partial charge in [-0.2, -0.15) is 0 Å². The van der Waals surface area contributed by atoms with Crippen LogP contribution in [-0.2, 0) is 9.53 Å². The molecule has 0 saturated carbocycles. The summed E-state index contributed by atoms with van der Waals surface area (Å²) in [5.74, 6) is -1.28. The molecular weight excluding hydrogens is 228 g/mol. The highest BCUT2D eigenvalue weighted by molar-refractivity contribution is 5.83. The van der Waals surface area contributed by atoms with Crippen molar-refractivity contribution >= 4 is 12.0 Å². The minimum absolute atomic E-state index is 0.191. The van der Waals surface area contributed by atoms with Crippen molar-refractivity contribution in [2.75, 3.05) is 13.7 Å². The Morgan fingerprint density at radius 1 is 1.35 bits per heavy atom. The number of aliphatic hydroxyl groups excluding tert-OH is 1. The third kappa shape index (κ3) is 6.08. The van der Waals surface area contributed by atoms with E-state index in [9.17, 15) is 14.7 Å². The average molecular weight is 248 g/mol. The molecule has 0 fully saturated rings. The molecule has 0 aliphatic heterocycles. The Balaban J connectivity index is 4.27. The average Bonchev–Trinajstić information content (AvgIpc) is 2.24. The largest absolute Gasteiger partial charge is 0.480 e. The fourth-order valence-corrected chi connectivity index (χ4v) is 1.22. The molecule has 7 heteroatoms. The number of hydrogen-bond donors (Lipinski definition) is 4. The van der Waals surface area contributed by atoms with Crippen LogP contribution in [0.3, 0.4) is 0 Å². The van der Waals surface area contributed by atoms with Crippen LogP contribution in [0.1, 0.15) is 20.3 Å². The number of aliphatic carboxylic acids is 1. The van der Waals surface area contributed by atoms with Gasteiger partial charge in [-0.1, -0.05) is 6.92 Å². The summed E-state index contributed by atoms with van der Waals surface area (Å²) in [6.07, 6.45) is -0.506. The Kier molecular flexibility index (Phi) is 7.24. The number of carbonyl (C=O) groups is 2. The summed E-state index contributed by atoms with van der Waals surface area (Å²) < 4.78 is 4.89. The monoisotopic (exact) mass is 248 g/mol. The molecule has 0 heterocycles. The number of hydrogen-bond acceptors (Lipinski definition) is 4. The molecular formula is C10H20N2O5. The van der Waals surface area contributed by atoms with Crippen molar-refractivity contribution in [3.8, 4) is 0 Å². The zero-order chi connectivity index (χ0) is 13.4. The van der Waals surface area contributed by atoms with E-state index in [2.05, 4.69) is 10.6 Å². The molecule has 0 bridgehead atoms. The number of aliphatic hydroxyl groups is 1. The zero-order valence-electron chi connectivity index (χ0n) is 10.3. The Labute approximate surface area is 100 Å². The van der Waals surface area contributed by atoms with Gasteiger partial charge in [0.25, 0.3) is 0 Å². The number of urea groups is 1. The molecule has 0 radical (unpaired) electrons. The Morgan fingerprint density at radius 2 is 1.94 bits per heavy atom. The standard InChI is InChI=1S/C10H20N2O5/c1-4-7(5-17-3)11-10(16)12-8(6(2)13)9(14)15/h6-8,13H,4-5H2,1-3H3,(H,14,15)(H2,11,12,16)/t6-,7?,8+/m1/s1. The lowest BCUT2D eigenvalue weighted by Crippen LogP contribution is -2.53. The molecule has 4 N–H and O–H groups in total. The SMILES string of the molecule is CCC(COC)NC(=O)N[C@H](C(=O)O)[C@@H](C)O. The third-order valence-electron chi connectivity index (χ3n) is 2.23. The summed E-state index contributed by atoms with van der Waals surface area (Å²) in [6.45, 7) is 3.51. The van der Waals surface area contributed by atoms with Gasteiger partial charge in [0.15, 0.2) is 6.04 Å². The highest BCUT2D eigenvalue weighted by Crippen LogP contribution is 1.95. The van der Waals surface area contributed by atoms with Crippen LogP contribution in [-0.4, -0.2) is 54.1 Å². The maximum atomic E-state index is 11.5. The molecule has 0 aliphatic carbocycles. The number of nitrogens with one attached hydrogen (secondary N) is 2. The minimum Gasteiger partial charge on any atom is -0.480 e. The first kappa shape index (κ1) is 15.7. The fraction of sp³-hybridized carbons (Fsp3) is 0.800. The summed E-state index contributed by atoms with van der Waals surface area (Å²) in [5.41, 5.74) is 0. The molecule has 3 atom stereocenters. The van der Waals surface area contributed by atoms with Crippen molar-refractivity contribution in [3.05, 3.63) is 0 Å². The Morgan fingerprint density at radius 3 is 2.29 bits per heavy atom. The van der Waals surface area contributed by atoms with Crippen molar-refractivity contribution in [3.63, 3.8) is 0 Å². The summed E-state index contributed by atoms with van der Waals surface area (Å²) in [4.78, 5) is 22.2. The van der Waals surface area contributed by atoms with Crippen LogP contribution in [0.25, 0.3) is 0 Å². The van der Waals surface area contributed by atoms with E-state index in [4.69, 9.17) is 9.84 Å². The van der Waals surface area contributed by atoms with E-state index >= 15 is 0 Å². The van der Waals surface area contributed by atoms with Gasteiger partial charge in [0.05, 0.1) is 18.8 Å². The molecule has 0 spiro atoms. The van der Waals surface area contributed by atoms with Crippen LogP contribution >= 0.6 is 0 Å². The van der Waals surface area contributed by atoms with E-state index in [1.54, 1.807) is 0 Å². The molecule has 0 aromatic carbocycles. The Bertz CT molecular complexity index is 257. The molecule has 17 heavy (non-hydrogen) atoms. The normalized spacial score (nSPS) is 15.8. The Hall–Kier alpha value is -1.34. The van der Waals surface area contributed by atoms with Gasteiger partial charge < -0.3 is 25.6 Å². The molecule has 0 aromatic heterocycles. The topological polar surface area (TPSA) is 108 Å². The second kappa shape index (κ2) is 7.86. The smallest absolute Gasteiger partial charge is 0.328 e. The molecule has 7 nitrogen and oxygen atoms in total. The minimum atomic E-state index is -1.32. The first-order valence-electron chi connectivity index (χ1n) is 5.39. The zero-order valence-corrected chi connectivity index (χ0v) is 10.3. The molecule has 0 aromatic rings. The van der Waals surface area contributed by atoms with Crippen LogP contribution < -0.4 is 10.6 Å². The van der Waals surface area contributed by atoms with Crippen molar-refractivity contribution in [1.29, 1.82) is 0 Å². The van der Waals surface area contributed by atoms with Crippen LogP contribution in [0.4, 0.5) is 4.79 Å².